The molecule has 0 radical (unpaired) electrons. The van der Waals surface area contributed by atoms with Gasteiger partial charge in [-0.15, -0.1) is 0 Å². The zero-order valence-corrected chi connectivity index (χ0v) is 16.9. The fourth-order valence-electron chi connectivity index (χ4n) is 3.86. The number of carboxylic acid groups (broad SMARTS) is 1. The Bertz CT molecular complexity index is 655. The van der Waals surface area contributed by atoms with Gasteiger partial charge in [0.05, 0.1) is 11.6 Å². The van der Waals surface area contributed by atoms with Crippen molar-refractivity contribution in [3.63, 3.8) is 0 Å². The van der Waals surface area contributed by atoms with Crippen molar-refractivity contribution < 1.29 is 23.5 Å². The number of hydrogen-bond acceptors (Lipinski definition) is 3. The highest BCUT2D eigenvalue weighted by atomic mass is 32.2. The van der Waals surface area contributed by atoms with Crippen molar-refractivity contribution in [2.75, 3.05) is 33.2 Å². The van der Waals surface area contributed by atoms with E-state index in [-0.39, 0.29) is 17.9 Å². The lowest BCUT2D eigenvalue weighted by molar-refractivity contribution is -0.143. The fourth-order valence-corrected chi connectivity index (χ4v) is 4.59. The fraction of sp³-hybridized carbons (Fsp3) is 0.667. The molecule has 2 aliphatic heterocycles. The number of hydrogen-bond donors (Lipinski definition) is 2. The molecule has 8 nitrogen and oxygen atoms in total. The Morgan fingerprint density at radius 3 is 2.37 bits per heavy atom. The van der Waals surface area contributed by atoms with E-state index in [0.29, 0.717) is 39.0 Å². The Labute approximate surface area is 162 Å². The lowest BCUT2D eigenvalue weighted by Crippen LogP contribution is -2.49. The molecular weight excluding hydrogens is 370 g/mol. The number of carbonyl (C=O) groups is 2. The molecule has 2 rings (SSSR count). The molecule has 2 heterocycles. The number of carbonyl (C=O) groups excluding carboxylic acids is 1. The van der Waals surface area contributed by atoms with Crippen LogP contribution in [-0.4, -0.2) is 73.2 Å². The third-order valence-electron chi connectivity index (χ3n) is 5.31. The number of allylic oxidation sites excluding steroid dienone is 3. The SMILES string of the molecule is C/C=C1/C[C@@H](CN(C)C(=O)N2CCC(C(=O)O)CC2)CN(S(=O)O)/C1=C/C. The van der Waals surface area contributed by atoms with Crippen LogP contribution in [-0.2, 0) is 16.1 Å². The van der Waals surface area contributed by atoms with E-state index in [9.17, 15) is 18.4 Å². The zero-order valence-electron chi connectivity index (χ0n) is 16.1. The lowest BCUT2D eigenvalue weighted by atomic mass is 9.92. The maximum Gasteiger partial charge on any atom is 0.319 e. The molecule has 0 aromatic carbocycles. The first-order chi connectivity index (χ1) is 12.8. The van der Waals surface area contributed by atoms with Crippen LogP contribution in [0.5, 0.6) is 0 Å². The first kappa shape index (κ1) is 21.4. The molecule has 152 valence electrons. The van der Waals surface area contributed by atoms with Gasteiger partial charge in [-0.2, -0.15) is 0 Å². The van der Waals surface area contributed by atoms with Gasteiger partial charge in [-0.05, 0) is 44.6 Å². The van der Waals surface area contributed by atoms with Crippen LogP contribution in [0.1, 0.15) is 33.1 Å². The van der Waals surface area contributed by atoms with E-state index in [1.165, 1.54) is 4.31 Å². The molecule has 2 saturated heterocycles. The highest BCUT2D eigenvalue weighted by molar-refractivity contribution is 7.76. The van der Waals surface area contributed by atoms with Crippen LogP contribution in [0, 0.1) is 11.8 Å². The van der Waals surface area contributed by atoms with Gasteiger partial charge >= 0.3 is 12.0 Å². The topological polar surface area (TPSA) is 101 Å². The molecule has 0 spiro atoms. The van der Waals surface area contributed by atoms with Crippen molar-refractivity contribution in [1.82, 2.24) is 14.1 Å². The van der Waals surface area contributed by atoms with Crippen LogP contribution in [0.3, 0.4) is 0 Å². The second kappa shape index (κ2) is 9.36. The summed E-state index contributed by atoms with van der Waals surface area (Å²) in [6.45, 7) is 5.51. The van der Waals surface area contributed by atoms with Crippen LogP contribution in [0.4, 0.5) is 4.79 Å². The number of piperidine rings is 2. The van der Waals surface area contributed by atoms with Crippen molar-refractivity contribution in [2.45, 2.75) is 33.1 Å². The number of aliphatic carboxylic acids is 1. The van der Waals surface area contributed by atoms with E-state index in [0.717, 1.165) is 17.7 Å². The monoisotopic (exact) mass is 399 g/mol. The van der Waals surface area contributed by atoms with Crippen LogP contribution in [0.25, 0.3) is 0 Å². The minimum Gasteiger partial charge on any atom is -0.481 e. The Kier molecular flexibility index (Phi) is 7.43. The third-order valence-corrected chi connectivity index (χ3v) is 6.04. The quantitative estimate of drug-likeness (QED) is 0.706. The predicted octanol–water partition coefficient (Wildman–Crippen LogP) is 2.14. The zero-order chi connectivity index (χ0) is 20.1. The summed E-state index contributed by atoms with van der Waals surface area (Å²) in [5, 5.41) is 9.07. The lowest BCUT2D eigenvalue weighted by Gasteiger charge is -2.38. The Hall–Kier alpha value is -1.87. The third kappa shape index (κ3) is 5.10. The second-order valence-electron chi connectivity index (χ2n) is 7.11. The van der Waals surface area contributed by atoms with E-state index in [1.54, 1.807) is 16.8 Å². The van der Waals surface area contributed by atoms with Gasteiger partial charge in [-0.25, -0.2) is 9.00 Å². The number of nitrogens with zero attached hydrogens (tertiary/aromatic N) is 3. The molecule has 0 bridgehead atoms. The molecule has 1 unspecified atom stereocenters. The van der Waals surface area contributed by atoms with Crippen molar-refractivity contribution in [3.8, 4) is 0 Å². The Morgan fingerprint density at radius 1 is 1.26 bits per heavy atom. The van der Waals surface area contributed by atoms with Crippen molar-refractivity contribution >= 4 is 23.3 Å². The van der Waals surface area contributed by atoms with E-state index >= 15 is 0 Å². The highest BCUT2D eigenvalue weighted by Crippen LogP contribution is 2.31. The number of amides is 2. The maximum absolute atomic E-state index is 12.7. The normalized spacial score (nSPS) is 25.7. The largest absolute Gasteiger partial charge is 0.481 e. The maximum atomic E-state index is 12.7. The first-order valence-electron chi connectivity index (χ1n) is 9.21. The summed E-state index contributed by atoms with van der Waals surface area (Å²) in [7, 11) is 1.73. The van der Waals surface area contributed by atoms with Crippen LogP contribution in [0.15, 0.2) is 23.4 Å². The van der Waals surface area contributed by atoms with E-state index < -0.39 is 17.2 Å². The van der Waals surface area contributed by atoms with Crippen molar-refractivity contribution in [1.29, 1.82) is 0 Å². The van der Waals surface area contributed by atoms with Gasteiger partial charge < -0.3 is 14.9 Å². The molecule has 27 heavy (non-hydrogen) atoms. The molecule has 0 aromatic rings. The summed E-state index contributed by atoms with van der Waals surface area (Å²) in [5.74, 6) is -1.13. The summed E-state index contributed by atoms with van der Waals surface area (Å²) in [6, 6.07) is -0.116. The summed E-state index contributed by atoms with van der Waals surface area (Å²) in [5.41, 5.74) is 1.76. The minimum absolute atomic E-state index is 0.0431. The van der Waals surface area contributed by atoms with Gasteiger partial charge in [0.25, 0.3) is 11.3 Å². The second-order valence-corrected chi connectivity index (χ2v) is 8.01. The summed E-state index contributed by atoms with van der Waals surface area (Å²) < 4.78 is 22.8. The summed E-state index contributed by atoms with van der Waals surface area (Å²) >= 11 is -2.11. The smallest absolute Gasteiger partial charge is 0.319 e. The molecule has 0 saturated carbocycles. The highest BCUT2D eigenvalue weighted by Gasteiger charge is 2.32. The molecule has 2 fully saturated rings. The van der Waals surface area contributed by atoms with Crippen molar-refractivity contribution in [2.24, 2.45) is 11.8 Å². The van der Waals surface area contributed by atoms with Gasteiger partial charge in [0.2, 0.25) is 0 Å². The van der Waals surface area contributed by atoms with Crippen LogP contribution >= 0.6 is 0 Å². The van der Waals surface area contributed by atoms with Crippen LogP contribution in [0.2, 0.25) is 0 Å². The van der Waals surface area contributed by atoms with Crippen LogP contribution < -0.4 is 0 Å². The number of urea groups is 1. The van der Waals surface area contributed by atoms with Gasteiger partial charge in [-0.1, -0.05) is 12.2 Å². The van der Waals surface area contributed by atoms with Gasteiger partial charge in [0.1, 0.15) is 0 Å². The molecule has 2 amide bonds. The average Bonchev–Trinajstić information content (AvgIpc) is 2.66. The predicted molar refractivity (Wildman–Crippen MR) is 103 cm³/mol. The number of likely N-dealkylation sites (tertiary alicyclic amines) is 1. The van der Waals surface area contributed by atoms with Gasteiger partial charge in [-0.3, -0.25) is 13.7 Å². The molecule has 2 atom stereocenters. The van der Waals surface area contributed by atoms with E-state index in [1.807, 2.05) is 26.0 Å². The average molecular weight is 400 g/mol. The Morgan fingerprint density at radius 2 is 1.89 bits per heavy atom. The summed E-state index contributed by atoms with van der Waals surface area (Å²) in [6.07, 6.45) is 5.47. The first-order valence-corrected chi connectivity index (χ1v) is 10.3. The molecular formula is C18H29N3O5S. The standard InChI is InChI=1S/C18H29N3O5S/c1-4-14-10-13(12-21(27(25)26)16(14)5-2)11-19(3)18(24)20-8-6-15(7-9-20)17(22)23/h4-5,13,15H,6-12H2,1-3H3,(H,22,23)(H,25,26)/b14-4-,16-5+/t13-/m0/s1. The number of rotatable bonds is 4. The molecule has 0 aromatic heterocycles. The minimum atomic E-state index is -2.11. The number of carboxylic acids is 1. The van der Waals surface area contributed by atoms with E-state index in [2.05, 4.69) is 0 Å². The van der Waals surface area contributed by atoms with E-state index in [4.69, 9.17) is 5.11 Å². The van der Waals surface area contributed by atoms with Gasteiger partial charge in [0, 0.05) is 33.2 Å². The Balaban J connectivity index is 1.98. The summed E-state index contributed by atoms with van der Waals surface area (Å²) in [4.78, 5) is 27.1. The molecule has 0 aliphatic carbocycles. The molecule has 9 heteroatoms. The molecule has 2 aliphatic rings. The van der Waals surface area contributed by atoms with Crippen molar-refractivity contribution in [3.05, 3.63) is 23.4 Å². The molecule has 2 N–H and O–H groups in total. The van der Waals surface area contributed by atoms with Gasteiger partial charge in [0.15, 0.2) is 0 Å².